The summed E-state index contributed by atoms with van der Waals surface area (Å²) in [7, 11) is 1.86. The van der Waals surface area contributed by atoms with E-state index in [1.165, 1.54) is 17.5 Å². The fourth-order valence-electron chi connectivity index (χ4n) is 4.07. The minimum Gasteiger partial charge on any atom is -0.508 e. The number of aryl methyl sites for hydroxylation is 1. The number of amidine groups is 1. The van der Waals surface area contributed by atoms with Crippen LogP contribution in [0.3, 0.4) is 0 Å². The number of carbonyl (C=O) groups is 2. The number of aromatic hydroxyl groups is 1. The molecular weight excluding hydrogens is 514 g/mol. The molecule has 0 saturated carbocycles. The second-order valence-electron chi connectivity index (χ2n) is 9.10. The van der Waals surface area contributed by atoms with Gasteiger partial charge in [0.25, 0.3) is 0 Å². The van der Waals surface area contributed by atoms with Crippen LogP contribution in [0.4, 0.5) is 16.5 Å². The Balaban J connectivity index is 0.000000320. The molecule has 11 heteroatoms. The zero-order valence-electron chi connectivity index (χ0n) is 22.3. The summed E-state index contributed by atoms with van der Waals surface area (Å²) < 4.78 is 0. The monoisotopic (exact) mass is 549 g/mol. The smallest absolute Gasteiger partial charge is 0.227 e. The van der Waals surface area contributed by atoms with Crippen LogP contribution in [0.15, 0.2) is 59.9 Å². The number of aldehydes is 1. The SMILES string of the molecule is CNc1c(C)ccc(O)c1C.NC(/C=C\NC1CCN(C(=O)Cc2ccc(N)cc2)C1)=N/c1ncc(C=O)s1. The number of rotatable bonds is 8. The zero-order valence-corrected chi connectivity index (χ0v) is 23.2. The quantitative estimate of drug-likeness (QED) is 0.124. The van der Waals surface area contributed by atoms with Crippen molar-refractivity contribution in [1.82, 2.24) is 15.2 Å². The number of likely N-dealkylation sites (tertiary alicyclic amines) is 1. The van der Waals surface area contributed by atoms with Gasteiger partial charge in [-0.3, -0.25) is 9.59 Å². The van der Waals surface area contributed by atoms with Crippen molar-refractivity contribution in [3.05, 3.63) is 76.4 Å². The molecule has 0 spiro atoms. The van der Waals surface area contributed by atoms with Crippen molar-refractivity contribution in [2.45, 2.75) is 32.7 Å². The van der Waals surface area contributed by atoms with Crippen LogP contribution in [0.1, 0.15) is 32.8 Å². The summed E-state index contributed by atoms with van der Waals surface area (Å²) in [5, 5.41) is 16.0. The zero-order chi connectivity index (χ0) is 28.4. The van der Waals surface area contributed by atoms with Crippen molar-refractivity contribution in [3.63, 3.8) is 0 Å². The Hall–Kier alpha value is -4.38. The lowest BCUT2D eigenvalue weighted by Gasteiger charge is -2.16. The van der Waals surface area contributed by atoms with Crippen LogP contribution < -0.4 is 22.1 Å². The summed E-state index contributed by atoms with van der Waals surface area (Å²) in [4.78, 5) is 33.6. The number of hydrogen-bond donors (Lipinski definition) is 5. The molecule has 0 radical (unpaired) electrons. The molecule has 4 rings (SSSR count). The summed E-state index contributed by atoms with van der Waals surface area (Å²) in [6, 6.07) is 11.1. The number of nitrogens with zero attached hydrogens (tertiary/aromatic N) is 3. The highest BCUT2D eigenvalue weighted by Crippen LogP contribution is 2.27. The van der Waals surface area contributed by atoms with Crippen LogP contribution in [0, 0.1) is 13.8 Å². The third kappa shape index (κ3) is 8.57. The van der Waals surface area contributed by atoms with Gasteiger partial charge < -0.3 is 32.1 Å². The molecule has 2 heterocycles. The Morgan fingerprint density at radius 3 is 2.64 bits per heavy atom. The first kappa shape index (κ1) is 29.2. The Bertz CT molecular complexity index is 1340. The summed E-state index contributed by atoms with van der Waals surface area (Å²) in [5.41, 5.74) is 16.2. The molecule has 1 atom stereocenters. The third-order valence-corrected chi connectivity index (χ3v) is 7.03. The number of thiazole rings is 1. The van der Waals surface area contributed by atoms with E-state index in [9.17, 15) is 14.7 Å². The van der Waals surface area contributed by atoms with Gasteiger partial charge in [0.05, 0.1) is 17.5 Å². The molecule has 3 aromatic rings. The van der Waals surface area contributed by atoms with Crippen LogP contribution in [0.5, 0.6) is 5.75 Å². The van der Waals surface area contributed by atoms with E-state index in [0.717, 1.165) is 41.6 Å². The number of nitrogens with one attached hydrogen (secondary N) is 2. The lowest BCUT2D eigenvalue weighted by Crippen LogP contribution is -2.34. The lowest BCUT2D eigenvalue weighted by molar-refractivity contribution is -0.129. The number of anilines is 2. The minimum atomic E-state index is 0.105. The molecule has 1 aliphatic heterocycles. The third-order valence-electron chi connectivity index (χ3n) is 6.21. The van der Waals surface area contributed by atoms with E-state index in [2.05, 4.69) is 20.6 Å². The van der Waals surface area contributed by atoms with Gasteiger partial charge >= 0.3 is 0 Å². The summed E-state index contributed by atoms with van der Waals surface area (Å²) >= 11 is 1.17. The van der Waals surface area contributed by atoms with Gasteiger partial charge in [0.15, 0.2) is 6.29 Å². The maximum Gasteiger partial charge on any atom is 0.227 e. The number of nitrogen functional groups attached to an aromatic ring is 1. The van der Waals surface area contributed by atoms with E-state index in [4.69, 9.17) is 11.5 Å². The average molecular weight is 550 g/mol. The molecule has 206 valence electrons. The molecule has 1 amide bonds. The molecule has 0 aliphatic carbocycles. The molecular formula is C28H35N7O3S. The molecule has 39 heavy (non-hydrogen) atoms. The maximum absolute atomic E-state index is 12.4. The maximum atomic E-state index is 12.4. The van der Waals surface area contributed by atoms with Gasteiger partial charge in [-0.05, 0) is 55.7 Å². The van der Waals surface area contributed by atoms with Crippen LogP contribution >= 0.6 is 11.3 Å². The number of hydrogen-bond acceptors (Lipinski definition) is 9. The Kier molecular flexibility index (Phi) is 10.4. The van der Waals surface area contributed by atoms with Crippen molar-refractivity contribution in [3.8, 4) is 5.75 Å². The number of benzene rings is 2. The van der Waals surface area contributed by atoms with Crippen molar-refractivity contribution in [2.75, 3.05) is 31.2 Å². The van der Waals surface area contributed by atoms with Gasteiger partial charge in [-0.15, -0.1) is 0 Å². The van der Waals surface area contributed by atoms with Gasteiger partial charge in [0, 0.05) is 49.3 Å². The summed E-state index contributed by atoms with van der Waals surface area (Å²) in [6.07, 6.45) is 6.79. The van der Waals surface area contributed by atoms with Gasteiger partial charge in [-0.1, -0.05) is 29.5 Å². The first-order chi connectivity index (χ1) is 18.7. The van der Waals surface area contributed by atoms with Crippen molar-refractivity contribution >= 4 is 45.9 Å². The topological polar surface area (TPSA) is 159 Å². The van der Waals surface area contributed by atoms with E-state index in [-0.39, 0.29) is 17.8 Å². The van der Waals surface area contributed by atoms with Crippen LogP contribution in [-0.4, -0.2) is 59.2 Å². The average Bonchev–Trinajstić information content (AvgIpc) is 3.58. The van der Waals surface area contributed by atoms with E-state index in [0.29, 0.717) is 34.4 Å². The molecule has 1 aliphatic rings. The molecule has 0 bridgehead atoms. The van der Waals surface area contributed by atoms with Crippen LogP contribution in [0.2, 0.25) is 0 Å². The number of carbonyl (C=O) groups excluding carboxylic acids is 2. The van der Waals surface area contributed by atoms with Crippen molar-refractivity contribution in [2.24, 2.45) is 10.7 Å². The van der Waals surface area contributed by atoms with Crippen molar-refractivity contribution < 1.29 is 14.7 Å². The van der Waals surface area contributed by atoms with E-state index < -0.39 is 0 Å². The van der Waals surface area contributed by atoms with Crippen LogP contribution in [-0.2, 0) is 11.2 Å². The molecule has 1 unspecified atom stereocenters. The van der Waals surface area contributed by atoms with Crippen molar-refractivity contribution in [1.29, 1.82) is 0 Å². The predicted molar refractivity (Wildman–Crippen MR) is 158 cm³/mol. The predicted octanol–water partition coefficient (Wildman–Crippen LogP) is 3.52. The standard InChI is InChI=1S/C19H22N6O2S.C9H13NO/c20-14-3-1-13(2-4-14)9-18(27)25-8-6-15(11-25)22-7-5-17(21)24-19-23-10-16(12-26)28-19;1-6-4-5-8(11)7(2)9(6)10-3/h1-5,7,10,12,15,22H,6,8-9,11,20H2,(H2,21,23,24);4-5,10-11H,1-3H3/b7-5-;. The minimum absolute atomic E-state index is 0.105. The highest BCUT2D eigenvalue weighted by molar-refractivity contribution is 7.16. The molecule has 1 aromatic heterocycles. The highest BCUT2D eigenvalue weighted by Gasteiger charge is 2.25. The van der Waals surface area contributed by atoms with E-state index >= 15 is 0 Å². The van der Waals surface area contributed by atoms with E-state index in [1.807, 2.05) is 44.0 Å². The second kappa shape index (κ2) is 14.0. The summed E-state index contributed by atoms with van der Waals surface area (Å²) in [5.74, 6) is 0.738. The van der Waals surface area contributed by atoms with Gasteiger partial charge in [-0.25, -0.2) is 9.98 Å². The number of phenolic OH excluding ortho intramolecular Hbond substituents is 1. The molecule has 1 fully saturated rings. The Morgan fingerprint density at radius 1 is 1.26 bits per heavy atom. The van der Waals surface area contributed by atoms with Crippen LogP contribution in [0.25, 0.3) is 0 Å². The first-order valence-corrected chi connectivity index (χ1v) is 13.3. The number of aromatic nitrogens is 1. The van der Waals surface area contributed by atoms with Gasteiger partial charge in [0.1, 0.15) is 11.6 Å². The molecule has 7 N–H and O–H groups in total. The molecule has 2 aromatic carbocycles. The lowest BCUT2D eigenvalue weighted by atomic mass is 10.1. The number of amides is 1. The number of phenols is 1. The molecule has 10 nitrogen and oxygen atoms in total. The highest BCUT2D eigenvalue weighted by atomic mass is 32.1. The fraction of sp³-hybridized carbons (Fsp3) is 0.286. The van der Waals surface area contributed by atoms with E-state index in [1.54, 1.807) is 30.5 Å². The second-order valence-corrected chi connectivity index (χ2v) is 10.1. The first-order valence-electron chi connectivity index (χ1n) is 12.5. The number of nitrogens with two attached hydrogens (primary N) is 2. The fourth-order valence-corrected chi connectivity index (χ4v) is 4.69. The summed E-state index contributed by atoms with van der Waals surface area (Å²) in [6.45, 7) is 5.27. The Labute approximate surface area is 232 Å². The van der Waals surface area contributed by atoms with Gasteiger partial charge in [0.2, 0.25) is 11.0 Å². The largest absolute Gasteiger partial charge is 0.508 e. The number of aliphatic imine (C=N–C) groups is 1. The van der Waals surface area contributed by atoms with Gasteiger partial charge in [-0.2, -0.15) is 0 Å². The Morgan fingerprint density at radius 2 is 2.00 bits per heavy atom. The normalized spacial score (nSPS) is 15.1. The molecule has 1 saturated heterocycles.